The zero-order chi connectivity index (χ0) is 24.1. The van der Waals surface area contributed by atoms with Crippen LogP contribution in [0, 0.1) is 5.82 Å². The molecule has 0 saturated carbocycles. The van der Waals surface area contributed by atoms with Gasteiger partial charge in [0.25, 0.3) is 15.8 Å². The van der Waals surface area contributed by atoms with Crippen LogP contribution in [0.2, 0.25) is 0 Å². The van der Waals surface area contributed by atoms with Crippen molar-refractivity contribution in [3.05, 3.63) is 46.6 Å². The lowest BCUT2D eigenvalue weighted by Crippen LogP contribution is -2.54. The van der Waals surface area contributed by atoms with Crippen molar-refractivity contribution in [3.8, 4) is 0 Å². The van der Waals surface area contributed by atoms with Gasteiger partial charge in [-0.05, 0) is 37.3 Å². The average molecular weight is 504 g/mol. The summed E-state index contributed by atoms with van der Waals surface area (Å²) in [5, 5.41) is 0. The number of sulfonamides is 1. The first-order valence-corrected chi connectivity index (χ1v) is 11.2. The molecule has 14 heteroatoms. The van der Waals surface area contributed by atoms with E-state index in [0.717, 1.165) is 28.6 Å². The molecule has 0 bridgehead atoms. The van der Waals surface area contributed by atoms with Crippen LogP contribution in [0.25, 0.3) is 0 Å². The molecular formula is C18H15F7N2O3S2. The molecule has 0 radical (unpaired) electrons. The van der Waals surface area contributed by atoms with E-state index in [-0.39, 0.29) is 36.7 Å². The topological polar surface area (TPSA) is 57.7 Å². The van der Waals surface area contributed by atoms with Crippen molar-refractivity contribution in [2.45, 2.75) is 29.5 Å². The number of Topliss-reactive ketones (excluding diaryl/α,β-unsaturated/α-hetero) is 1. The Morgan fingerprint density at radius 3 is 2.28 bits per heavy atom. The number of ketones is 1. The Labute approximate surface area is 182 Å². The Hall–Kier alpha value is -2.19. The molecule has 5 nitrogen and oxygen atoms in total. The Bertz CT molecular complexity index is 1130. The van der Waals surface area contributed by atoms with Crippen molar-refractivity contribution in [1.29, 1.82) is 0 Å². The van der Waals surface area contributed by atoms with Gasteiger partial charge in [-0.1, -0.05) is 0 Å². The Morgan fingerprint density at radius 1 is 1.06 bits per heavy atom. The first kappa shape index (κ1) is 24.5. The number of hydrogen-bond acceptors (Lipinski definition) is 5. The summed E-state index contributed by atoms with van der Waals surface area (Å²) in [6.07, 6.45) is -9.99. The quantitative estimate of drug-likeness (QED) is 0.453. The third-order valence-corrected chi connectivity index (χ3v) is 8.36. The van der Waals surface area contributed by atoms with E-state index >= 15 is 0 Å². The second-order valence-electron chi connectivity index (χ2n) is 7.02. The van der Waals surface area contributed by atoms with Crippen LogP contribution in [0.5, 0.6) is 0 Å². The largest absolute Gasteiger partial charge is 0.455 e. The summed E-state index contributed by atoms with van der Waals surface area (Å²) in [6.45, 7) is 0.820. The summed E-state index contributed by atoms with van der Waals surface area (Å²) in [4.78, 5) is 11.8. The van der Waals surface area contributed by atoms with E-state index in [0.29, 0.717) is 6.07 Å². The molecule has 1 saturated heterocycles. The molecule has 1 aromatic carbocycles. The van der Waals surface area contributed by atoms with Gasteiger partial charge in [0.05, 0.1) is 10.4 Å². The standard InChI is InChI=1S/C18H15F7N2O3S2/c1-10-9-26(13-3-2-11(19)8-12(13)17(20,21)22)6-7-27(10)32(29,30)15-5-4-14(31-15)16(28)18(23,24)25/h2-5,8,10H,6-7,9H2,1H3/t10-/m1/s1. The number of rotatable bonds is 4. The van der Waals surface area contributed by atoms with E-state index in [4.69, 9.17) is 0 Å². The molecule has 0 N–H and O–H groups in total. The van der Waals surface area contributed by atoms with Gasteiger partial charge in [0.2, 0.25) is 0 Å². The van der Waals surface area contributed by atoms with Gasteiger partial charge < -0.3 is 4.90 Å². The smallest absolute Gasteiger partial charge is 0.368 e. The van der Waals surface area contributed by atoms with Crippen LogP contribution in [0.4, 0.5) is 36.4 Å². The highest BCUT2D eigenvalue weighted by Gasteiger charge is 2.42. The van der Waals surface area contributed by atoms with Gasteiger partial charge >= 0.3 is 12.4 Å². The highest BCUT2D eigenvalue weighted by Crippen LogP contribution is 2.38. The minimum Gasteiger partial charge on any atom is -0.368 e. The molecule has 176 valence electrons. The van der Waals surface area contributed by atoms with E-state index in [9.17, 15) is 43.9 Å². The predicted molar refractivity (Wildman–Crippen MR) is 102 cm³/mol. The number of carbonyl (C=O) groups excluding carboxylic acids is 1. The zero-order valence-corrected chi connectivity index (χ0v) is 17.8. The molecule has 1 atom stereocenters. The predicted octanol–water partition coefficient (Wildman–Crippen LogP) is 4.55. The number of piperazine rings is 1. The first-order chi connectivity index (χ1) is 14.6. The summed E-state index contributed by atoms with van der Waals surface area (Å²) in [7, 11) is -4.30. The minimum absolute atomic E-state index is 0.169. The summed E-state index contributed by atoms with van der Waals surface area (Å²) >= 11 is 0.172. The molecule has 2 aromatic rings. The summed E-state index contributed by atoms with van der Waals surface area (Å²) in [6, 6.07) is 2.98. The number of thiophene rings is 1. The number of halogens is 7. The summed E-state index contributed by atoms with van der Waals surface area (Å²) < 4.78 is 117. The molecule has 1 aromatic heterocycles. The molecule has 0 amide bonds. The SMILES string of the molecule is C[C@@H]1CN(c2ccc(F)cc2C(F)(F)F)CCN1S(=O)(=O)c1ccc(C(=O)C(F)(F)F)s1. The molecule has 1 fully saturated rings. The van der Waals surface area contributed by atoms with Gasteiger partial charge in [-0.3, -0.25) is 4.79 Å². The first-order valence-electron chi connectivity index (χ1n) is 8.97. The molecule has 3 rings (SSSR count). The fraction of sp³-hybridized carbons (Fsp3) is 0.389. The maximum Gasteiger partial charge on any atom is 0.455 e. The van der Waals surface area contributed by atoms with E-state index in [1.165, 1.54) is 11.8 Å². The Morgan fingerprint density at radius 2 is 1.72 bits per heavy atom. The van der Waals surface area contributed by atoms with Crippen molar-refractivity contribution < 1.29 is 43.9 Å². The van der Waals surface area contributed by atoms with Gasteiger partial charge in [-0.25, -0.2) is 12.8 Å². The maximum atomic E-state index is 13.4. The summed E-state index contributed by atoms with van der Waals surface area (Å²) in [5.41, 5.74) is -1.51. The van der Waals surface area contributed by atoms with E-state index in [2.05, 4.69) is 0 Å². The third kappa shape index (κ3) is 4.76. The van der Waals surface area contributed by atoms with E-state index < -0.39 is 54.7 Å². The van der Waals surface area contributed by atoms with Gasteiger partial charge in [0.1, 0.15) is 10.0 Å². The number of anilines is 1. The van der Waals surface area contributed by atoms with Crippen LogP contribution in [0.3, 0.4) is 0 Å². The highest BCUT2D eigenvalue weighted by molar-refractivity contribution is 7.91. The molecule has 1 aliphatic rings. The number of alkyl halides is 6. The number of nitrogens with zero attached hydrogens (tertiary/aromatic N) is 2. The average Bonchev–Trinajstić information content (AvgIpc) is 3.16. The van der Waals surface area contributed by atoms with E-state index in [1.807, 2.05) is 0 Å². The van der Waals surface area contributed by atoms with Crippen LogP contribution in [-0.2, 0) is 16.2 Å². The Kier molecular flexibility index (Phi) is 6.34. The van der Waals surface area contributed by atoms with Crippen LogP contribution in [-0.4, -0.2) is 50.4 Å². The number of hydrogen-bond donors (Lipinski definition) is 0. The van der Waals surface area contributed by atoms with Gasteiger partial charge in [-0.15, -0.1) is 11.3 Å². The zero-order valence-electron chi connectivity index (χ0n) is 16.2. The lowest BCUT2D eigenvalue weighted by molar-refractivity contribution is -0.137. The third-order valence-electron chi connectivity index (χ3n) is 4.80. The van der Waals surface area contributed by atoms with Gasteiger partial charge in [0, 0.05) is 31.4 Å². The fourth-order valence-corrected chi connectivity index (χ4v) is 6.37. The normalized spacial score (nSPS) is 18.8. The van der Waals surface area contributed by atoms with Crippen LogP contribution < -0.4 is 4.90 Å². The van der Waals surface area contributed by atoms with Crippen molar-refractivity contribution in [3.63, 3.8) is 0 Å². The molecule has 0 unspecified atom stereocenters. The second-order valence-corrected chi connectivity index (χ2v) is 10.2. The fourth-order valence-electron chi connectivity index (χ4n) is 3.36. The molecule has 0 spiro atoms. The summed E-state index contributed by atoms with van der Waals surface area (Å²) in [5.74, 6) is -3.24. The Balaban J connectivity index is 1.84. The van der Waals surface area contributed by atoms with Crippen LogP contribution >= 0.6 is 11.3 Å². The van der Waals surface area contributed by atoms with Crippen molar-refractivity contribution in [2.75, 3.05) is 24.5 Å². The van der Waals surface area contributed by atoms with Crippen molar-refractivity contribution >= 4 is 32.8 Å². The van der Waals surface area contributed by atoms with Crippen molar-refractivity contribution in [2.24, 2.45) is 0 Å². The minimum atomic E-state index is -5.16. The van der Waals surface area contributed by atoms with Crippen LogP contribution in [0.15, 0.2) is 34.5 Å². The lowest BCUT2D eigenvalue weighted by atomic mass is 10.1. The van der Waals surface area contributed by atoms with E-state index in [1.54, 1.807) is 0 Å². The van der Waals surface area contributed by atoms with Crippen LogP contribution in [0.1, 0.15) is 22.2 Å². The van der Waals surface area contributed by atoms with Gasteiger partial charge in [0.15, 0.2) is 0 Å². The molecular weight excluding hydrogens is 489 g/mol. The number of carbonyl (C=O) groups is 1. The molecule has 32 heavy (non-hydrogen) atoms. The lowest BCUT2D eigenvalue weighted by Gasteiger charge is -2.40. The van der Waals surface area contributed by atoms with Gasteiger partial charge in [-0.2, -0.15) is 30.6 Å². The molecule has 2 heterocycles. The van der Waals surface area contributed by atoms with Crippen molar-refractivity contribution in [1.82, 2.24) is 4.31 Å². The maximum absolute atomic E-state index is 13.4. The molecule has 0 aliphatic carbocycles. The monoisotopic (exact) mass is 504 g/mol. The highest BCUT2D eigenvalue weighted by atomic mass is 32.2. The molecule has 1 aliphatic heterocycles. The second kappa shape index (κ2) is 8.30. The number of benzene rings is 1.